The number of rotatable bonds is 5. The van der Waals surface area contributed by atoms with Crippen LogP contribution in [0.3, 0.4) is 0 Å². The predicted molar refractivity (Wildman–Crippen MR) is 107 cm³/mol. The molecule has 8 heteroatoms. The number of H-pyrrole nitrogens is 1. The smallest absolute Gasteiger partial charge is 0.283 e. The number of pyridine rings is 1. The largest absolute Gasteiger partial charge is 0.378 e. The maximum absolute atomic E-state index is 14.5. The van der Waals surface area contributed by atoms with Gasteiger partial charge in [-0.15, -0.1) is 0 Å². The summed E-state index contributed by atoms with van der Waals surface area (Å²) in [5.74, 6) is -2.95. The first-order valence-electron chi connectivity index (χ1n) is 9.08. The molecule has 2 aromatic heterocycles. The maximum Gasteiger partial charge on any atom is 0.283 e. The third-order valence-corrected chi connectivity index (χ3v) is 5.73. The summed E-state index contributed by atoms with van der Waals surface area (Å²) in [5.41, 5.74) is 3.83. The van der Waals surface area contributed by atoms with E-state index in [9.17, 15) is 8.78 Å². The van der Waals surface area contributed by atoms with Gasteiger partial charge in [0.15, 0.2) is 0 Å². The van der Waals surface area contributed by atoms with Crippen molar-refractivity contribution in [1.82, 2.24) is 20.1 Å². The molecule has 28 heavy (non-hydrogen) atoms. The number of benzene rings is 1. The lowest BCUT2D eigenvalue weighted by Gasteiger charge is -2.43. The van der Waals surface area contributed by atoms with Crippen molar-refractivity contribution < 1.29 is 13.5 Å². The monoisotopic (exact) mass is 450 g/mol. The highest BCUT2D eigenvalue weighted by atomic mass is 79.9. The van der Waals surface area contributed by atoms with Gasteiger partial charge in [-0.3, -0.25) is 15.0 Å². The van der Waals surface area contributed by atoms with E-state index in [0.717, 1.165) is 32.2 Å². The number of nitrogens with one attached hydrogen (secondary N) is 1. The quantitative estimate of drug-likeness (QED) is 0.628. The van der Waals surface area contributed by atoms with Crippen LogP contribution in [-0.2, 0) is 11.2 Å². The molecule has 1 aliphatic rings. The topological polar surface area (TPSA) is 54.0 Å². The fourth-order valence-electron chi connectivity index (χ4n) is 4.07. The van der Waals surface area contributed by atoms with E-state index >= 15 is 0 Å². The van der Waals surface area contributed by atoms with Crippen LogP contribution in [0.2, 0.25) is 0 Å². The van der Waals surface area contributed by atoms with Crippen molar-refractivity contribution in [3.05, 3.63) is 58.0 Å². The lowest BCUT2D eigenvalue weighted by molar-refractivity contribution is -0.0962. The minimum Gasteiger partial charge on any atom is -0.378 e. The van der Waals surface area contributed by atoms with Crippen LogP contribution in [-0.4, -0.2) is 52.3 Å². The molecule has 3 heterocycles. The van der Waals surface area contributed by atoms with Gasteiger partial charge in [-0.25, -0.2) is 8.78 Å². The van der Waals surface area contributed by atoms with Gasteiger partial charge in [0.2, 0.25) is 0 Å². The molecule has 3 aromatic rings. The van der Waals surface area contributed by atoms with Crippen molar-refractivity contribution in [2.45, 2.75) is 31.4 Å². The van der Waals surface area contributed by atoms with Crippen molar-refractivity contribution in [3.63, 3.8) is 0 Å². The number of hydrogen-bond acceptors (Lipinski definition) is 4. The van der Waals surface area contributed by atoms with Gasteiger partial charge in [0.1, 0.15) is 6.61 Å². The number of aromatic amines is 1. The molecule has 5 nitrogen and oxygen atoms in total. The molecule has 0 unspecified atom stereocenters. The van der Waals surface area contributed by atoms with Gasteiger partial charge in [-0.2, -0.15) is 5.10 Å². The summed E-state index contributed by atoms with van der Waals surface area (Å²) in [4.78, 5) is 6.38. The van der Waals surface area contributed by atoms with E-state index in [1.165, 1.54) is 7.11 Å². The summed E-state index contributed by atoms with van der Waals surface area (Å²) >= 11 is 3.40. The Balaban J connectivity index is 1.84. The first-order chi connectivity index (χ1) is 13.4. The molecular weight excluding hydrogens is 430 g/mol. The molecule has 0 saturated heterocycles. The van der Waals surface area contributed by atoms with Crippen LogP contribution in [0.25, 0.3) is 10.9 Å². The molecule has 0 amide bonds. The van der Waals surface area contributed by atoms with Gasteiger partial charge in [0.05, 0.1) is 30.0 Å². The molecule has 0 spiro atoms. The number of aromatic nitrogens is 3. The highest BCUT2D eigenvalue weighted by Gasteiger charge is 2.41. The van der Waals surface area contributed by atoms with Crippen molar-refractivity contribution in [2.75, 3.05) is 20.3 Å². The number of fused-ring (bicyclic) bond motifs is 3. The van der Waals surface area contributed by atoms with Crippen molar-refractivity contribution in [2.24, 2.45) is 0 Å². The van der Waals surface area contributed by atoms with Crippen LogP contribution in [0, 0.1) is 0 Å². The third-order valence-electron chi connectivity index (χ3n) is 5.26. The molecule has 1 aliphatic heterocycles. The second-order valence-electron chi connectivity index (χ2n) is 7.28. The van der Waals surface area contributed by atoms with E-state index in [1.807, 2.05) is 42.3 Å². The number of hydrogen-bond donors (Lipinski definition) is 1. The van der Waals surface area contributed by atoms with Crippen LogP contribution in [0.4, 0.5) is 8.78 Å². The van der Waals surface area contributed by atoms with Crippen LogP contribution in [0.5, 0.6) is 0 Å². The van der Waals surface area contributed by atoms with E-state index in [0.29, 0.717) is 6.42 Å². The predicted octanol–water partition coefficient (Wildman–Crippen LogP) is 4.34. The summed E-state index contributed by atoms with van der Waals surface area (Å²) in [5, 5.41) is 8.18. The van der Waals surface area contributed by atoms with Crippen molar-refractivity contribution >= 4 is 26.8 Å². The SMILES string of the molecule is COCC(F)(F)CN1[C@H](c2ccc(Br)cn2)c2ccc3[nH]ncc3c2C[C@H]1C. The summed E-state index contributed by atoms with van der Waals surface area (Å²) in [6.07, 6.45) is 4.18. The Morgan fingerprint density at radius 3 is 2.82 bits per heavy atom. The average Bonchev–Trinajstić information content (AvgIpc) is 3.12. The molecule has 1 N–H and O–H groups in total. The van der Waals surface area contributed by atoms with Crippen LogP contribution >= 0.6 is 15.9 Å². The van der Waals surface area contributed by atoms with E-state index in [1.54, 1.807) is 6.20 Å². The van der Waals surface area contributed by atoms with Gasteiger partial charge in [-0.05, 0) is 58.6 Å². The zero-order valence-corrected chi connectivity index (χ0v) is 17.2. The zero-order chi connectivity index (χ0) is 19.9. The third kappa shape index (κ3) is 3.56. The van der Waals surface area contributed by atoms with Gasteiger partial charge in [0.25, 0.3) is 5.92 Å². The second-order valence-corrected chi connectivity index (χ2v) is 8.20. The van der Waals surface area contributed by atoms with E-state index in [4.69, 9.17) is 4.74 Å². The molecule has 0 saturated carbocycles. The van der Waals surface area contributed by atoms with Crippen LogP contribution in [0.15, 0.2) is 41.1 Å². The van der Waals surface area contributed by atoms with E-state index in [-0.39, 0.29) is 12.1 Å². The standard InChI is InChI=1S/C20H21BrF2N4O/c1-12-7-15-14(4-6-17-16(15)9-25-26-17)19(18-5-3-13(21)8-24-18)27(12)10-20(22,23)11-28-2/h3-6,8-9,12,19H,7,10-11H2,1-2H3,(H,25,26)/t12-,19+/m1/s1. The first-order valence-corrected chi connectivity index (χ1v) is 9.88. The molecule has 0 fully saturated rings. The molecule has 4 rings (SSSR count). The van der Waals surface area contributed by atoms with Gasteiger partial charge >= 0.3 is 0 Å². The van der Waals surface area contributed by atoms with Crippen LogP contribution < -0.4 is 0 Å². The number of alkyl halides is 2. The van der Waals surface area contributed by atoms with E-state index < -0.39 is 19.1 Å². The number of ether oxygens (including phenoxy) is 1. The van der Waals surface area contributed by atoms with Crippen molar-refractivity contribution in [3.8, 4) is 0 Å². The Bertz CT molecular complexity index is 976. The highest BCUT2D eigenvalue weighted by Crippen LogP contribution is 2.41. The first kappa shape index (κ1) is 19.4. The highest BCUT2D eigenvalue weighted by molar-refractivity contribution is 9.10. The fourth-order valence-corrected chi connectivity index (χ4v) is 4.31. The number of nitrogens with zero attached hydrogens (tertiary/aromatic N) is 3. The molecule has 0 radical (unpaired) electrons. The second kappa shape index (κ2) is 7.50. The lowest BCUT2D eigenvalue weighted by Crippen LogP contribution is -2.49. The number of methoxy groups -OCH3 is 1. The van der Waals surface area contributed by atoms with Gasteiger partial charge in [-0.1, -0.05) is 6.07 Å². The summed E-state index contributed by atoms with van der Waals surface area (Å²) in [6.45, 7) is 0.980. The zero-order valence-electron chi connectivity index (χ0n) is 15.6. The van der Waals surface area contributed by atoms with Crippen molar-refractivity contribution in [1.29, 1.82) is 0 Å². The normalized spacial score (nSPS) is 20.5. The minimum atomic E-state index is -2.95. The Morgan fingerprint density at radius 1 is 1.29 bits per heavy atom. The summed E-state index contributed by atoms with van der Waals surface area (Å²) in [7, 11) is 1.30. The molecule has 1 aromatic carbocycles. The lowest BCUT2D eigenvalue weighted by atomic mass is 9.85. The molecule has 0 aliphatic carbocycles. The fraction of sp³-hybridized carbons (Fsp3) is 0.400. The van der Waals surface area contributed by atoms with Gasteiger partial charge in [0, 0.05) is 29.2 Å². The summed E-state index contributed by atoms with van der Waals surface area (Å²) < 4.78 is 34.6. The van der Waals surface area contributed by atoms with Crippen LogP contribution in [0.1, 0.15) is 29.8 Å². The molecule has 0 bridgehead atoms. The van der Waals surface area contributed by atoms with E-state index in [2.05, 4.69) is 31.1 Å². The Morgan fingerprint density at radius 2 is 2.11 bits per heavy atom. The molecule has 2 atom stereocenters. The number of halogens is 3. The Kier molecular flexibility index (Phi) is 5.20. The minimum absolute atomic E-state index is 0.0915. The Hall–Kier alpha value is -1.90. The summed E-state index contributed by atoms with van der Waals surface area (Å²) in [6, 6.07) is 7.27. The Labute approximate surface area is 170 Å². The average molecular weight is 451 g/mol. The molecule has 148 valence electrons. The van der Waals surface area contributed by atoms with Gasteiger partial charge < -0.3 is 4.74 Å². The molecular formula is C20H21BrF2N4O. The maximum atomic E-state index is 14.5.